The molecule has 0 unspecified atom stereocenters. The van der Waals surface area contributed by atoms with E-state index >= 15 is 0 Å². The van der Waals surface area contributed by atoms with Gasteiger partial charge in [-0.25, -0.2) is 0 Å². The van der Waals surface area contributed by atoms with Crippen molar-refractivity contribution in [1.29, 1.82) is 0 Å². The van der Waals surface area contributed by atoms with Crippen LogP contribution in [0.5, 0.6) is 0 Å². The Bertz CT molecular complexity index is 652. The first-order chi connectivity index (χ1) is 10.00. The summed E-state index contributed by atoms with van der Waals surface area (Å²) in [6.07, 6.45) is -9.68. The van der Waals surface area contributed by atoms with Crippen LogP contribution < -0.4 is 11.5 Å². The van der Waals surface area contributed by atoms with Gasteiger partial charge in [-0.15, -0.1) is 24.8 Å². The van der Waals surface area contributed by atoms with Crippen molar-refractivity contribution in [3.8, 4) is 11.1 Å². The van der Waals surface area contributed by atoms with Crippen LogP contribution in [0, 0.1) is 0 Å². The van der Waals surface area contributed by atoms with Gasteiger partial charge in [-0.05, 0) is 35.4 Å². The molecule has 0 amide bonds. The molecule has 0 aliphatic carbocycles. The second kappa shape index (κ2) is 7.40. The predicted octanol–water partition coefficient (Wildman–Crippen LogP) is 5.40. The van der Waals surface area contributed by atoms with Gasteiger partial charge in [-0.3, -0.25) is 0 Å². The molecule has 0 saturated carbocycles. The fourth-order valence-electron chi connectivity index (χ4n) is 2.06. The maximum Gasteiger partial charge on any atom is 0.417 e. The molecule has 134 valence electrons. The highest BCUT2D eigenvalue weighted by atomic mass is 35.5. The van der Waals surface area contributed by atoms with Crippen molar-refractivity contribution in [3.63, 3.8) is 0 Å². The van der Waals surface area contributed by atoms with Crippen LogP contribution in [0.25, 0.3) is 11.1 Å². The SMILES string of the molecule is Cl.Cl.Nc1ccc(-c2ccc(N)cc2C(F)(F)F)c(C(F)(F)F)c1. The lowest BCUT2D eigenvalue weighted by Crippen LogP contribution is -2.12. The largest absolute Gasteiger partial charge is 0.417 e. The topological polar surface area (TPSA) is 52.0 Å². The van der Waals surface area contributed by atoms with Crippen molar-refractivity contribution in [3.05, 3.63) is 47.5 Å². The maximum atomic E-state index is 13.1. The molecule has 24 heavy (non-hydrogen) atoms. The zero-order chi connectivity index (χ0) is 16.7. The molecule has 0 aliphatic rings. The van der Waals surface area contributed by atoms with Gasteiger partial charge in [-0.1, -0.05) is 12.1 Å². The minimum absolute atomic E-state index is 0. The molecule has 0 spiro atoms. The first-order valence-corrected chi connectivity index (χ1v) is 5.94. The molecule has 2 nitrogen and oxygen atoms in total. The van der Waals surface area contributed by atoms with Crippen molar-refractivity contribution in [1.82, 2.24) is 0 Å². The second-order valence-electron chi connectivity index (χ2n) is 4.61. The van der Waals surface area contributed by atoms with E-state index in [1.165, 1.54) is 0 Å². The van der Waals surface area contributed by atoms with E-state index in [2.05, 4.69) is 0 Å². The van der Waals surface area contributed by atoms with E-state index in [0.29, 0.717) is 12.1 Å². The number of hydrogen-bond acceptors (Lipinski definition) is 2. The first kappa shape index (κ1) is 22.2. The monoisotopic (exact) mass is 392 g/mol. The third kappa shape index (κ3) is 4.61. The highest BCUT2D eigenvalue weighted by molar-refractivity contribution is 5.85. The zero-order valence-corrected chi connectivity index (χ0v) is 13.3. The summed E-state index contributed by atoms with van der Waals surface area (Å²) in [5.41, 5.74) is 6.55. The standard InChI is InChI=1S/C14H10F6N2.2ClH/c15-13(16,17)11-5-7(21)1-3-9(11)10-4-2-8(22)6-12(10)14(18,19)20;;/h1-6H,21-22H2;2*1H. The predicted molar refractivity (Wildman–Crippen MR) is 85.2 cm³/mol. The molecule has 2 aromatic rings. The molecule has 0 aliphatic heterocycles. The van der Waals surface area contributed by atoms with Gasteiger partial charge in [0.1, 0.15) is 0 Å². The fraction of sp³-hybridized carbons (Fsp3) is 0.143. The molecule has 0 radical (unpaired) electrons. The number of alkyl halides is 6. The van der Waals surface area contributed by atoms with Gasteiger partial charge < -0.3 is 11.5 Å². The van der Waals surface area contributed by atoms with Crippen LogP contribution in [0.1, 0.15) is 11.1 Å². The lowest BCUT2D eigenvalue weighted by atomic mass is 9.94. The lowest BCUT2D eigenvalue weighted by Gasteiger charge is -2.18. The van der Waals surface area contributed by atoms with E-state index in [1.54, 1.807) is 0 Å². The Morgan fingerprint density at radius 3 is 1.12 bits per heavy atom. The van der Waals surface area contributed by atoms with Crippen molar-refractivity contribution >= 4 is 36.2 Å². The Balaban J connectivity index is 0.00000264. The summed E-state index contributed by atoms with van der Waals surface area (Å²) in [4.78, 5) is 0. The van der Waals surface area contributed by atoms with E-state index in [4.69, 9.17) is 11.5 Å². The molecular formula is C14H12Cl2F6N2. The number of nitrogen functional groups attached to an aromatic ring is 2. The van der Waals surface area contributed by atoms with Gasteiger partial charge in [0.05, 0.1) is 11.1 Å². The minimum atomic E-state index is -4.84. The van der Waals surface area contributed by atoms with Crippen molar-refractivity contribution in [2.24, 2.45) is 0 Å². The number of hydrogen-bond donors (Lipinski definition) is 2. The van der Waals surface area contributed by atoms with Crippen LogP contribution in [-0.2, 0) is 12.4 Å². The molecule has 0 atom stereocenters. The van der Waals surface area contributed by atoms with E-state index in [-0.39, 0.29) is 36.2 Å². The molecule has 4 N–H and O–H groups in total. The normalized spacial score (nSPS) is 11.4. The van der Waals surface area contributed by atoms with Crippen molar-refractivity contribution in [2.45, 2.75) is 12.4 Å². The van der Waals surface area contributed by atoms with Crippen LogP contribution in [-0.4, -0.2) is 0 Å². The first-order valence-electron chi connectivity index (χ1n) is 5.94. The quantitative estimate of drug-likeness (QED) is 0.504. The smallest absolute Gasteiger partial charge is 0.399 e. The van der Waals surface area contributed by atoms with Gasteiger partial charge in [0.15, 0.2) is 0 Å². The Hall–Kier alpha value is -1.80. The highest BCUT2D eigenvalue weighted by Crippen LogP contribution is 2.43. The lowest BCUT2D eigenvalue weighted by molar-refractivity contribution is -0.139. The Labute approximate surface area is 145 Å². The Morgan fingerprint density at radius 1 is 0.583 bits per heavy atom. The van der Waals surface area contributed by atoms with E-state index in [9.17, 15) is 26.3 Å². The molecule has 0 aromatic heterocycles. The average molecular weight is 393 g/mol. The zero-order valence-electron chi connectivity index (χ0n) is 11.7. The number of benzene rings is 2. The Kier molecular flexibility index (Phi) is 6.84. The third-order valence-electron chi connectivity index (χ3n) is 2.99. The molecule has 10 heteroatoms. The highest BCUT2D eigenvalue weighted by Gasteiger charge is 2.38. The summed E-state index contributed by atoms with van der Waals surface area (Å²) in [5.74, 6) is 0. The summed E-state index contributed by atoms with van der Waals surface area (Å²) in [6, 6.07) is 5.26. The van der Waals surface area contributed by atoms with Crippen LogP contribution in [0.15, 0.2) is 36.4 Å². The third-order valence-corrected chi connectivity index (χ3v) is 2.99. The summed E-state index contributed by atoms with van der Waals surface area (Å²) < 4.78 is 78.4. The van der Waals surface area contributed by atoms with E-state index in [0.717, 1.165) is 24.3 Å². The maximum absolute atomic E-state index is 13.1. The van der Waals surface area contributed by atoms with Crippen LogP contribution in [0.3, 0.4) is 0 Å². The molecule has 0 saturated heterocycles. The van der Waals surface area contributed by atoms with E-state index in [1.807, 2.05) is 0 Å². The van der Waals surface area contributed by atoms with Gasteiger partial charge in [0.25, 0.3) is 0 Å². The number of nitrogens with two attached hydrogens (primary N) is 2. The van der Waals surface area contributed by atoms with Gasteiger partial charge in [0.2, 0.25) is 0 Å². The minimum Gasteiger partial charge on any atom is -0.399 e. The summed E-state index contributed by atoms with van der Waals surface area (Å²) in [6.45, 7) is 0. The Morgan fingerprint density at radius 2 is 0.875 bits per heavy atom. The number of halogens is 8. The number of anilines is 2. The second-order valence-corrected chi connectivity index (χ2v) is 4.61. The molecule has 0 bridgehead atoms. The van der Waals surface area contributed by atoms with Gasteiger partial charge in [0, 0.05) is 11.4 Å². The molecule has 0 heterocycles. The molecule has 0 fully saturated rings. The van der Waals surface area contributed by atoms with Gasteiger partial charge >= 0.3 is 12.4 Å². The van der Waals surface area contributed by atoms with Crippen LogP contribution >= 0.6 is 24.8 Å². The van der Waals surface area contributed by atoms with Crippen LogP contribution in [0.4, 0.5) is 37.7 Å². The number of rotatable bonds is 1. The molecule has 2 rings (SSSR count). The van der Waals surface area contributed by atoms with Crippen molar-refractivity contribution < 1.29 is 26.3 Å². The fourth-order valence-corrected chi connectivity index (χ4v) is 2.06. The average Bonchev–Trinajstić information content (AvgIpc) is 2.37. The molecule has 2 aromatic carbocycles. The molecular weight excluding hydrogens is 381 g/mol. The van der Waals surface area contributed by atoms with Crippen molar-refractivity contribution in [2.75, 3.05) is 11.5 Å². The summed E-state index contributed by atoms with van der Waals surface area (Å²) in [5, 5.41) is 0. The van der Waals surface area contributed by atoms with Gasteiger partial charge in [-0.2, -0.15) is 26.3 Å². The van der Waals surface area contributed by atoms with Crippen LogP contribution in [0.2, 0.25) is 0 Å². The summed E-state index contributed by atoms with van der Waals surface area (Å²) in [7, 11) is 0. The summed E-state index contributed by atoms with van der Waals surface area (Å²) >= 11 is 0. The van der Waals surface area contributed by atoms with E-state index < -0.39 is 34.6 Å².